The summed E-state index contributed by atoms with van der Waals surface area (Å²) in [6, 6.07) is 14.9. The van der Waals surface area contributed by atoms with E-state index in [-0.39, 0.29) is 24.5 Å². The third-order valence-corrected chi connectivity index (χ3v) is 6.05. The average Bonchev–Trinajstić information content (AvgIpc) is 3.34. The molecular weight excluding hydrogens is 404 g/mol. The summed E-state index contributed by atoms with van der Waals surface area (Å²) < 4.78 is 11.1. The van der Waals surface area contributed by atoms with Crippen molar-refractivity contribution in [3.63, 3.8) is 0 Å². The summed E-state index contributed by atoms with van der Waals surface area (Å²) in [5.74, 6) is 0.993. The lowest BCUT2D eigenvalue weighted by atomic mass is 10.1. The number of methoxy groups -OCH3 is 1. The van der Waals surface area contributed by atoms with E-state index in [2.05, 4.69) is 12.2 Å². The Kier molecular flexibility index (Phi) is 8.54. The number of ether oxygens (including phenoxy) is 2. The summed E-state index contributed by atoms with van der Waals surface area (Å²) >= 11 is 0. The van der Waals surface area contributed by atoms with E-state index in [9.17, 15) is 9.59 Å². The van der Waals surface area contributed by atoms with E-state index in [0.717, 1.165) is 37.7 Å². The first-order valence-electron chi connectivity index (χ1n) is 11.4. The number of carbonyl (C=O) groups is 2. The number of carbonyl (C=O) groups excluding carboxylic acids is 2. The van der Waals surface area contributed by atoms with Gasteiger partial charge in [0.15, 0.2) is 6.61 Å². The Labute approximate surface area is 190 Å². The van der Waals surface area contributed by atoms with Crippen LogP contribution in [0.1, 0.15) is 50.7 Å². The number of nitrogens with zero attached hydrogens (tertiary/aromatic N) is 1. The Hall–Kier alpha value is -3.02. The third kappa shape index (κ3) is 6.49. The lowest BCUT2D eigenvalue weighted by Gasteiger charge is -2.29. The number of hydrogen-bond donors (Lipinski definition) is 1. The molecule has 0 aromatic heterocycles. The average molecular weight is 439 g/mol. The van der Waals surface area contributed by atoms with Crippen molar-refractivity contribution in [1.82, 2.24) is 10.2 Å². The van der Waals surface area contributed by atoms with E-state index in [1.165, 1.54) is 5.56 Å². The molecule has 1 aliphatic rings. The maximum Gasteiger partial charge on any atom is 0.261 e. The summed E-state index contributed by atoms with van der Waals surface area (Å²) in [4.78, 5) is 27.7. The standard InChI is InChI=1S/C26H34N2O4/c1-4-20-12-14-23(15-13-20)32-18-25(29)28(17-21-8-7-11-24(16-21)31-3)19(2)26(30)27-22-9-5-6-10-22/h7-8,11-16,19,22H,4-6,9-10,17-18H2,1-3H3,(H,27,30)/t19-/m1/s1. The zero-order valence-electron chi connectivity index (χ0n) is 19.3. The van der Waals surface area contributed by atoms with Gasteiger partial charge in [-0.25, -0.2) is 0 Å². The van der Waals surface area contributed by atoms with Crippen molar-refractivity contribution >= 4 is 11.8 Å². The van der Waals surface area contributed by atoms with Gasteiger partial charge in [0.1, 0.15) is 17.5 Å². The molecule has 2 amide bonds. The van der Waals surface area contributed by atoms with Crippen molar-refractivity contribution in [1.29, 1.82) is 0 Å². The minimum atomic E-state index is -0.611. The van der Waals surface area contributed by atoms with Crippen molar-refractivity contribution in [3.8, 4) is 11.5 Å². The lowest BCUT2D eigenvalue weighted by Crippen LogP contribution is -2.50. The molecule has 0 bridgehead atoms. The van der Waals surface area contributed by atoms with E-state index in [1.54, 1.807) is 18.9 Å². The van der Waals surface area contributed by atoms with Crippen LogP contribution in [0.4, 0.5) is 0 Å². The Morgan fingerprint density at radius 2 is 1.78 bits per heavy atom. The number of aryl methyl sites for hydroxylation is 1. The molecule has 2 aromatic carbocycles. The highest BCUT2D eigenvalue weighted by molar-refractivity contribution is 5.88. The summed E-state index contributed by atoms with van der Waals surface area (Å²) in [6.45, 7) is 4.04. The van der Waals surface area contributed by atoms with Crippen LogP contribution in [0.25, 0.3) is 0 Å². The predicted octanol–water partition coefficient (Wildman–Crippen LogP) is 4.11. The number of benzene rings is 2. The first-order valence-corrected chi connectivity index (χ1v) is 11.4. The Balaban J connectivity index is 1.71. The van der Waals surface area contributed by atoms with E-state index in [1.807, 2.05) is 48.5 Å². The number of hydrogen-bond acceptors (Lipinski definition) is 4. The monoisotopic (exact) mass is 438 g/mol. The first kappa shape index (κ1) is 23.6. The fraction of sp³-hybridized carbons (Fsp3) is 0.462. The van der Waals surface area contributed by atoms with Gasteiger partial charge in [-0.05, 0) is 61.6 Å². The van der Waals surface area contributed by atoms with Crippen LogP contribution in [-0.2, 0) is 22.6 Å². The highest BCUT2D eigenvalue weighted by Gasteiger charge is 2.28. The van der Waals surface area contributed by atoms with Gasteiger partial charge in [-0.3, -0.25) is 9.59 Å². The minimum absolute atomic E-state index is 0.125. The van der Waals surface area contributed by atoms with Crippen molar-refractivity contribution in [2.45, 2.75) is 64.6 Å². The molecule has 172 valence electrons. The second-order valence-corrected chi connectivity index (χ2v) is 8.33. The van der Waals surface area contributed by atoms with Crippen LogP contribution in [0.5, 0.6) is 11.5 Å². The quantitative estimate of drug-likeness (QED) is 0.606. The van der Waals surface area contributed by atoms with E-state index >= 15 is 0 Å². The molecule has 0 saturated heterocycles. The maximum absolute atomic E-state index is 13.2. The maximum atomic E-state index is 13.2. The molecule has 32 heavy (non-hydrogen) atoms. The summed E-state index contributed by atoms with van der Waals surface area (Å²) in [5, 5.41) is 3.11. The topological polar surface area (TPSA) is 67.9 Å². The van der Waals surface area contributed by atoms with E-state index < -0.39 is 6.04 Å². The van der Waals surface area contributed by atoms with Crippen molar-refractivity contribution in [3.05, 3.63) is 59.7 Å². The molecule has 0 aliphatic heterocycles. The van der Waals surface area contributed by atoms with Gasteiger partial charge in [0.2, 0.25) is 5.91 Å². The molecule has 1 atom stereocenters. The molecule has 1 N–H and O–H groups in total. The fourth-order valence-electron chi connectivity index (χ4n) is 3.99. The number of nitrogens with one attached hydrogen (secondary N) is 1. The number of amides is 2. The van der Waals surface area contributed by atoms with Gasteiger partial charge in [0.25, 0.3) is 5.91 Å². The summed E-state index contributed by atoms with van der Waals surface area (Å²) in [6.07, 6.45) is 5.21. The van der Waals surface area contributed by atoms with Gasteiger partial charge in [0.05, 0.1) is 7.11 Å². The Morgan fingerprint density at radius 3 is 2.44 bits per heavy atom. The molecule has 0 spiro atoms. The van der Waals surface area contributed by atoms with E-state index in [0.29, 0.717) is 18.0 Å². The van der Waals surface area contributed by atoms with Crippen LogP contribution in [-0.4, -0.2) is 42.5 Å². The second-order valence-electron chi connectivity index (χ2n) is 8.33. The van der Waals surface area contributed by atoms with Crippen LogP contribution in [0.2, 0.25) is 0 Å². The molecule has 1 fully saturated rings. The predicted molar refractivity (Wildman–Crippen MR) is 125 cm³/mol. The van der Waals surface area contributed by atoms with Crippen molar-refractivity contribution in [2.75, 3.05) is 13.7 Å². The van der Waals surface area contributed by atoms with E-state index in [4.69, 9.17) is 9.47 Å². The molecule has 0 radical (unpaired) electrons. The normalized spacial score (nSPS) is 14.6. The smallest absolute Gasteiger partial charge is 0.261 e. The van der Waals surface area contributed by atoms with Crippen molar-refractivity contribution in [2.24, 2.45) is 0 Å². The van der Waals surface area contributed by atoms with Gasteiger partial charge in [-0.15, -0.1) is 0 Å². The van der Waals surface area contributed by atoms with Crippen LogP contribution >= 0.6 is 0 Å². The SMILES string of the molecule is CCc1ccc(OCC(=O)N(Cc2cccc(OC)c2)[C@H](C)C(=O)NC2CCCC2)cc1. The lowest BCUT2D eigenvalue weighted by molar-refractivity contribution is -0.142. The van der Waals surface area contributed by atoms with Gasteiger partial charge >= 0.3 is 0 Å². The molecular formula is C26H34N2O4. The molecule has 0 unspecified atom stereocenters. The fourth-order valence-corrected chi connectivity index (χ4v) is 3.99. The summed E-state index contributed by atoms with van der Waals surface area (Å²) in [7, 11) is 1.61. The second kappa shape index (κ2) is 11.6. The van der Waals surface area contributed by atoms with Crippen molar-refractivity contribution < 1.29 is 19.1 Å². The molecule has 0 heterocycles. The van der Waals surface area contributed by atoms with Gasteiger partial charge < -0.3 is 19.7 Å². The Morgan fingerprint density at radius 1 is 1.06 bits per heavy atom. The minimum Gasteiger partial charge on any atom is -0.497 e. The highest BCUT2D eigenvalue weighted by Crippen LogP contribution is 2.20. The van der Waals surface area contributed by atoms with Gasteiger partial charge in [0, 0.05) is 12.6 Å². The molecule has 2 aromatic rings. The molecule has 6 heteroatoms. The molecule has 6 nitrogen and oxygen atoms in total. The van der Waals surface area contributed by atoms with Crippen LogP contribution in [0.3, 0.4) is 0 Å². The zero-order chi connectivity index (χ0) is 22.9. The van der Waals surface area contributed by atoms with Crippen LogP contribution in [0.15, 0.2) is 48.5 Å². The molecule has 1 saturated carbocycles. The van der Waals surface area contributed by atoms with Crippen LogP contribution < -0.4 is 14.8 Å². The third-order valence-electron chi connectivity index (χ3n) is 6.05. The molecule has 1 aliphatic carbocycles. The largest absolute Gasteiger partial charge is 0.497 e. The summed E-state index contributed by atoms with van der Waals surface area (Å²) in [5.41, 5.74) is 2.10. The van der Waals surface area contributed by atoms with Crippen LogP contribution in [0, 0.1) is 0 Å². The Bertz CT molecular complexity index is 891. The first-order chi connectivity index (χ1) is 15.5. The zero-order valence-corrected chi connectivity index (χ0v) is 19.3. The molecule has 3 rings (SSSR count). The van der Waals surface area contributed by atoms with Gasteiger partial charge in [-0.1, -0.05) is 44.0 Å². The van der Waals surface area contributed by atoms with Gasteiger partial charge in [-0.2, -0.15) is 0 Å². The number of rotatable bonds is 10. The highest BCUT2D eigenvalue weighted by atomic mass is 16.5.